The Kier molecular flexibility index (Phi) is 8.07. The first-order valence-electron chi connectivity index (χ1n) is 7.64. The summed E-state index contributed by atoms with van der Waals surface area (Å²) in [5.74, 6) is 0.745. The van der Waals surface area contributed by atoms with Gasteiger partial charge in [0.2, 0.25) is 5.91 Å². The second-order valence-corrected chi connectivity index (χ2v) is 7.21. The summed E-state index contributed by atoms with van der Waals surface area (Å²) in [7, 11) is 0. The van der Waals surface area contributed by atoms with E-state index in [4.69, 9.17) is 0 Å². The van der Waals surface area contributed by atoms with Crippen LogP contribution in [0.1, 0.15) is 45.8 Å². The molecule has 0 saturated carbocycles. The van der Waals surface area contributed by atoms with Crippen molar-refractivity contribution in [2.45, 2.75) is 39.5 Å². The minimum atomic E-state index is -0.0149. The number of halogens is 1. The fourth-order valence-corrected chi connectivity index (χ4v) is 3.68. The first-order valence-corrected chi connectivity index (χ1v) is 8.45. The summed E-state index contributed by atoms with van der Waals surface area (Å²) in [4.78, 5) is 26.0. The molecule has 0 spiro atoms. The van der Waals surface area contributed by atoms with Crippen molar-refractivity contribution >= 4 is 35.4 Å². The molecule has 124 valence electrons. The standard InChI is InChI=1S/C16H24N2O2S.ClH/c1-11-9-14(12(2)21-11)15(19)3-4-16(20)18-8-6-13-5-7-17-10-13;/h9,13,17H,3-8,10H2,1-2H3,(H,18,20);1H. The van der Waals surface area contributed by atoms with Crippen LogP contribution in [0.15, 0.2) is 6.07 Å². The van der Waals surface area contributed by atoms with Crippen LogP contribution in [0, 0.1) is 19.8 Å². The molecule has 1 atom stereocenters. The van der Waals surface area contributed by atoms with Gasteiger partial charge in [-0.1, -0.05) is 0 Å². The maximum absolute atomic E-state index is 12.1. The normalized spacial score (nSPS) is 17.1. The number of carbonyl (C=O) groups excluding carboxylic acids is 2. The number of nitrogens with one attached hydrogen (secondary N) is 2. The minimum Gasteiger partial charge on any atom is -0.356 e. The zero-order valence-corrected chi connectivity index (χ0v) is 14.9. The van der Waals surface area contributed by atoms with Crippen molar-refractivity contribution in [2.24, 2.45) is 5.92 Å². The van der Waals surface area contributed by atoms with Crippen molar-refractivity contribution in [3.63, 3.8) is 0 Å². The van der Waals surface area contributed by atoms with Crippen LogP contribution >= 0.6 is 23.7 Å². The minimum absolute atomic E-state index is 0. The molecule has 1 aliphatic heterocycles. The summed E-state index contributed by atoms with van der Waals surface area (Å²) >= 11 is 1.63. The van der Waals surface area contributed by atoms with E-state index in [-0.39, 0.29) is 30.5 Å². The van der Waals surface area contributed by atoms with Gasteiger partial charge in [0.25, 0.3) is 0 Å². The van der Waals surface area contributed by atoms with E-state index in [1.165, 1.54) is 6.42 Å². The molecule has 1 aromatic rings. The van der Waals surface area contributed by atoms with Gasteiger partial charge >= 0.3 is 0 Å². The summed E-state index contributed by atoms with van der Waals surface area (Å²) in [6, 6.07) is 1.92. The van der Waals surface area contributed by atoms with Crippen LogP contribution in [0.25, 0.3) is 0 Å². The van der Waals surface area contributed by atoms with Gasteiger partial charge in [-0.25, -0.2) is 0 Å². The second-order valence-electron chi connectivity index (χ2n) is 5.75. The number of Topliss-reactive ketones (excluding diaryl/α,β-unsaturated/α-hetero) is 1. The summed E-state index contributed by atoms with van der Waals surface area (Å²) < 4.78 is 0. The van der Waals surface area contributed by atoms with Gasteiger partial charge in [-0.3, -0.25) is 9.59 Å². The topological polar surface area (TPSA) is 58.2 Å². The van der Waals surface area contributed by atoms with Crippen molar-refractivity contribution in [1.29, 1.82) is 0 Å². The van der Waals surface area contributed by atoms with Crippen LogP contribution in [0.4, 0.5) is 0 Å². The van der Waals surface area contributed by atoms with Gasteiger partial charge in [-0.15, -0.1) is 23.7 Å². The largest absolute Gasteiger partial charge is 0.356 e. The predicted molar refractivity (Wildman–Crippen MR) is 93.2 cm³/mol. The lowest BCUT2D eigenvalue weighted by atomic mass is 10.0. The Hall–Kier alpha value is -0.910. The molecule has 0 bridgehead atoms. The van der Waals surface area contributed by atoms with E-state index in [1.807, 2.05) is 19.9 Å². The van der Waals surface area contributed by atoms with Crippen molar-refractivity contribution in [3.05, 3.63) is 21.4 Å². The maximum atomic E-state index is 12.1. The average Bonchev–Trinajstić information content (AvgIpc) is 3.06. The predicted octanol–water partition coefficient (Wildman–Crippen LogP) is 2.87. The molecule has 4 nitrogen and oxygen atoms in total. The molecular formula is C16H25ClN2O2S. The second kappa shape index (κ2) is 9.28. The third kappa shape index (κ3) is 5.71. The first kappa shape index (κ1) is 19.1. The lowest BCUT2D eigenvalue weighted by Crippen LogP contribution is -2.26. The number of amides is 1. The van der Waals surface area contributed by atoms with Crippen LogP contribution in [-0.2, 0) is 4.79 Å². The Labute approximate surface area is 142 Å². The molecule has 2 N–H and O–H groups in total. The number of carbonyl (C=O) groups is 2. The molecule has 0 aromatic carbocycles. The molecule has 2 heterocycles. The summed E-state index contributed by atoms with van der Waals surface area (Å²) in [6.45, 7) is 6.83. The van der Waals surface area contributed by atoms with Crippen LogP contribution in [-0.4, -0.2) is 31.3 Å². The number of hydrogen-bond acceptors (Lipinski definition) is 4. The molecule has 6 heteroatoms. The van der Waals surface area contributed by atoms with E-state index in [1.54, 1.807) is 11.3 Å². The van der Waals surface area contributed by atoms with Gasteiger partial charge in [0.1, 0.15) is 0 Å². The van der Waals surface area contributed by atoms with E-state index in [9.17, 15) is 9.59 Å². The molecule has 1 fully saturated rings. The maximum Gasteiger partial charge on any atom is 0.220 e. The molecule has 1 amide bonds. The smallest absolute Gasteiger partial charge is 0.220 e. The van der Waals surface area contributed by atoms with E-state index in [0.717, 1.165) is 41.4 Å². The van der Waals surface area contributed by atoms with Crippen molar-refractivity contribution in [3.8, 4) is 0 Å². The highest BCUT2D eigenvalue weighted by molar-refractivity contribution is 7.12. The Morgan fingerprint density at radius 1 is 1.36 bits per heavy atom. The highest BCUT2D eigenvalue weighted by Gasteiger charge is 2.15. The summed E-state index contributed by atoms with van der Waals surface area (Å²) in [6.07, 6.45) is 2.81. The van der Waals surface area contributed by atoms with Crippen molar-refractivity contribution in [2.75, 3.05) is 19.6 Å². The number of rotatable bonds is 7. The fraction of sp³-hybridized carbons (Fsp3) is 0.625. The highest BCUT2D eigenvalue weighted by atomic mass is 35.5. The molecule has 22 heavy (non-hydrogen) atoms. The van der Waals surface area contributed by atoms with E-state index in [2.05, 4.69) is 10.6 Å². The van der Waals surface area contributed by atoms with Gasteiger partial charge in [0.15, 0.2) is 5.78 Å². The number of thiophene rings is 1. The van der Waals surface area contributed by atoms with Crippen LogP contribution in [0.2, 0.25) is 0 Å². The number of aryl methyl sites for hydroxylation is 2. The van der Waals surface area contributed by atoms with E-state index in [0.29, 0.717) is 12.3 Å². The van der Waals surface area contributed by atoms with Crippen LogP contribution in [0.5, 0.6) is 0 Å². The van der Waals surface area contributed by atoms with E-state index < -0.39 is 0 Å². The Morgan fingerprint density at radius 3 is 2.73 bits per heavy atom. The van der Waals surface area contributed by atoms with Crippen LogP contribution < -0.4 is 10.6 Å². The number of ketones is 1. The highest BCUT2D eigenvalue weighted by Crippen LogP contribution is 2.22. The first-order chi connectivity index (χ1) is 10.1. The lowest BCUT2D eigenvalue weighted by molar-refractivity contribution is -0.121. The van der Waals surface area contributed by atoms with Gasteiger partial charge in [-0.2, -0.15) is 0 Å². The molecule has 1 aliphatic rings. The van der Waals surface area contributed by atoms with Crippen LogP contribution in [0.3, 0.4) is 0 Å². The molecule has 1 aromatic heterocycles. The molecule has 0 radical (unpaired) electrons. The third-order valence-corrected chi connectivity index (χ3v) is 4.92. The Morgan fingerprint density at radius 2 is 2.14 bits per heavy atom. The quantitative estimate of drug-likeness (QED) is 0.748. The van der Waals surface area contributed by atoms with Gasteiger partial charge < -0.3 is 10.6 Å². The van der Waals surface area contributed by atoms with Gasteiger partial charge in [-0.05, 0) is 51.8 Å². The lowest BCUT2D eigenvalue weighted by Gasteiger charge is -2.09. The Bertz CT molecular complexity index is 510. The molecule has 0 aliphatic carbocycles. The fourth-order valence-electron chi connectivity index (χ4n) is 2.73. The van der Waals surface area contributed by atoms with E-state index >= 15 is 0 Å². The van der Waals surface area contributed by atoms with Gasteiger partial charge in [0.05, 0.1) is 0 Å². The number of hydrogen-bond donors (Lipinski definition) is 2. The molecule has 2 rings (SSSR count). The van der Waals surface area contributed by atoms with Crippen molar-refractivity contribution < 1.29 is 9.59 Å². The average molecular weight is 345 g/mol. The third-order valence-electron chi connectivity index (χ3n) is 3.96. The zero-order valence-electron chi connectivity index (χ0n) is 13.2. The molecule has 1 unspecified atom stereocenters. The summed E-state index contributed by atoms with van der Waals surface area (Å²) in [5.41, 5.74) is 0.780. The monoisotopic (exact) mass is 344 g/mol. The molecule has 1 saturated heterocycles. The zero-order chi connectivity index (χ0) is 15.2. The molecular weight excluding hydrogens is 320 g/mol. The van der Waals surface area contributed by atoms with Gasteiger partial charge in [0, 0.05) is 34.7 Å². The SMILES string of the molecule is Cc1cc(C(=O)CCC(=O)NCCC2CCNC2)c(C)s1.Cl. The van der Waals surface area contributed by atoms with Crippen molar-refractivity contribution in [1.82, 2.24) is 10.6 Å². The Balaban J connectivity index is 0.00000242. The summed E-state index contributed by atoms with van der Waals surface area (Å²) in [5, 5.41) is 6.24.